The number of nitrogens with zero attached hydrogens (tertiary/aromatic N) is 2. The Hall–Kier alpha value is -2.72. The average molecular weight is 354 g/mol. The van der Waals surface area contributed by atoms with Gasteiger partial charge < -0.3 is 11.1 Å². The van der Waals surface area contributed by atoms with Crippen LogP contribution in [0.3, 0.4) is 0 Å². The summed E-state index contributed by atoms with van der Waals surface area (Å²) in [5.74, 6) is 5.51. The first-order valence-corrected chi connectivity index (χ1v) is 9.01. The van der Waals surface area contributed by atoms with Crippen molar-refractivity contribution in [2.24, 2.45) is 5.73 Å². The normalized spacial score (nSPS) is 15.7. The van der Waals surface area contributed by atoms with E-state index < -0.39 is 11.4 Å². The molecule has 2 amide bonds. The summed E-state index contributed by atoms with van der Waals surface area (Å²) in [6.07, 6.45) is 7.72. The maximum Gasteiger partial charge on any atom is 0.271 e. The van der Waals surface area contributed by atoms with Crippen LogP contribution in [0.15, 0.2) is 29.4 Å². The van der Waals surface area contributed by atoms with Gasteiger partial charge in [0.2, 0.25) is 5.91 Å². The molecule has 3 N–H and O–H groups in total. The van der Waals surface area contributed by atoms with Crippen molar-refractivity contribution in [1.29, 1.82) is 0 Å². The number of hydrogen-bond acceptors (Lipinski definition) is 5. The van der Waals surface area contributed by atoms with E-state index in [1.165, 1.54) is 17.5 Å². The van der Waals surface area contributed by atoms with Crippen LogP contribution >= 0.6 is 11.3 Å². The Morgan fingerprint density at radius 3 is 2.72 bits per heavy atom. The zero-order valence-corrected chi connectivity index (χ0v) is 14.4. The average Bonchev–Trinajstić information content (AvgIpc) is 3.16. The van der Waals surface area contributed by atoms with Crippen molar-refractivity contribution in [2.45, 2.75) is 37.6 Å². The molecule has 25 heavy (non-hydrogen) atoms. The zero-order valence-electron chi connectivity index (χ0n) is 13.6. The van der Waals surface area contributed by atoms with Gasteiger partial charge in [-0.2, -0.15) is 0 Å². The van der Waals surface area contributed by atoms with Gasteiger partial charge in [0.05, 0.1) is 11.1 Å². The van der Waals surface area contributed by atoms with Crippen LogP contribution in [0.2, 0.25) is 0 Å². The highest BCUT2D eigenvalue weighted by Crippen LogP contribution is 2.28. The van der Waals surface area contributed by atoms with E-state index in [0.717, 1.165) is 32.1 Å². The first kappa shape index (κ1) is 17.1. The largest absolute Gasteiger partial charge is 0.366 e. The number of nitrogens with two attached hydrogens (primary N) is 1. The minimum Gasteiger partial charge on any atom is -0.366 e. The smallest absolute Gasteiger partial charge is 0.271 e. The van der Waals surface area contributed by atoms with Gasteiger partial charge in [0.15, 0.2) is 0 Å². The predicted molar refractivity (Wildman–Crippen MR) is 95.0 cm³/mol. The molecule has 0 aliphatic heterocycles. The van der Waals surface area contributed by atoms with Crippen LogP contribution in [0.25, 0.3) is 0 Å². The molecule has 3 rings (SSSR count). The summed E-state index contributed by atoms with van der Waals surface area (Å²) in [4.78, 5) is 31.7. The standard InChI is InChI=1S/C18H18N4O2S/c19-16(23)14-8-13(9-20-10-14)4-7-18(5-2-1-3-6-18)22-17(24)15-11-25-12-21-15/h8-12H,1-3,5-6H2,(H2,19,23)(H,22,24). The van der Waals surface area contributed by atoms with Crippen molar-refractivity contribution < 1.29 is 9.59 Å². The SMILES string of the molecule is NC(=O)c1cncc(C#CC2(NC(=O)c3cscn3)CCCCC2)c1. The molecule has 2 aromatic heterocycles. The van der Waals surface area contributed by atoms with Gasteiger partial charge in [0.25, 0.3) is 5.91 Å². The van der Waals surface area contributed by atoms with Gasteiger partial charge in [-0.15, -0.1) is 11.3 Å². The number of nitrogens with one attached hydrogen (secondary N) is 1. The molecule has 0 radical (unpaired) electrons. The molecule has 6 nitrogen and oxygen atoms in total. The van der Waals surface area contributed by atoms with E-state index in [1.54, 1.807) is 23.2 Å². The van der Waals surface area contributed by atoms with E-state index in [9.17, 15) is 9.59 Å². The Kier molecular flexibility index (Phi) is 5.10. The molecule has 1 fully saturated rings. The van der Waals surface area contributed by atoms with Gasteiger partial charge in [-0.1, -0.05) is 31.1 Å². The van der Waals surface area contributed by atoms with Crippen molar-refractivity contribution in [2.75, 3.05) is 0 Å². The fraction of sp³-hybridized carbons (Fsp3) is 0.333. The second-order valence-electron chi connectivity index (χ2n) is 6.05. The Morgan fingerprint density at radius 2 is 2.04 bits per heavy atom. The molecule has 0 atom stereocenters. The van der Waals surface area contributed by atoms with Crippen molar-refractivity contribution in [3.05, 3.63) is 46.2 Å². The maximum absolute atomic E-state index is 12.4. The molecule has 0 bridgehead atoms. The van der Waals surface area contributed by atoms with Gasteiger partial charge in [0, 0.05) is 23.3 Å². The molecule has 0 unspecified atom stereocenters. The zero-order chi connectivity index (χ0) is 17.7. The molecule has 128 valence electrons. The summed E-state index contributed by atoms with van der Waals surface area (Å²) in [6, 6.07) is 1.61. The lowest BCUT2D eigenvalue weighted by molar-refractivity contribution is 0.0898. The molecule has 0 aromatic carbocycles. The lowest BCUT2D eigenvalue weighted by Crippen LogP contribution is -2.48. The fourth-order valence-electron chi connectivity index (χ4n) is 2.88. The van der Waals surface area contributed by atoms with E-state index in [1.807, 2.05) is 0 Å². The highest BCUT2D eigenvalue weighted by molar-refractivity contribution is 7.07. The van der Waals surface area contributed by atoms with Crippen LogP contribution in [0.5, 0.6) is 0 Å². The van der Waals surface area contributed by atoms with Crippen LogP contribution in [0.4, 0.5) is 0 Å². The second-order valence-corrected chi connectivity index (χ2v) is 6.77. The molecule has 7 heteroatoms. The third-order valence-corrected chi connectivity index (χ3v) is 4.78. The van der Waals surface area contributed by atoms with E-state index in [0.29, 0.717) is 16.8 Å². The lowest BCUT2D eigenvalue weighted by atomic mass is 9.82. The van der Waals surface area contributed by atoms with Gasteiger partial charge in [-0.3, -0.25) is 14.6 Å². The van der Waals surface area contributed by atoms with Crippen molar-refractivity contribution >= 4 is 23.2 Å². The van der Waals surface area contributed by atoms with Crippen molar-refractivity contribution in [3.63, 3.8) is 0 Å². The third kappa shape index (κ3) is 4.22. The van der Waals surface area contributed by atoms with Crippen LogP contribution in [-0.4, -0.2) is 27.3 Å². The number of thiazole rings is 1. The van der Waals surface area contributed by atoms with E-state index in [2.05, 4.69) is 27.1 Å². The quantitative estimate of drug-likeness (QED) is 0.825. The highest BCUT2D eigenvalue weighted by Gasteiger charge is 2.32. The van der Waals surface area contributed by atoms with E-state index >= 15 is 0 Å². The molecule has 0 saturated heterocycles. The number of hydrogen-bond donors (Lipinski definition) is 2. The summed E-state index contributed by atoms with van der Waals surface area (Å²) >= 11 is 1.38. The number of rotatable bonds is 3. The number of amides is 2. The number of primary amides is 1. The number of carbonyl (C=O) groups is 2. The van der Waals surface area contributed by atoms with E-state index in [4.69, 9.17) is 5.73 Å². The molecular formula is C18H18N4O2S. The number of aromatic nitrogens is 2. The molecule has 2 aromatic rings. The lowest BCUT2D eigenvalue weighted by Gasteiger charge is -2.33. The predicted octanol–water partition coefficient (Wildman–Crippen LogP) is 2.12. The number of carbonyl (C=O) groups excluding carboxylic acids is 2. The summed E-state index contributed by atoms with van der Waals surface area (Å²) in [6.45, 7) is 0. The van der Waals surface area contributed by atoms with Crippen LogP contribution in [-0.2, 0) is 0 Å². The van der Waals surface area contributed by atoms with Crippen LogP contribution in [0.1, 0.15) is 58.5 Å². The van der Waals surface area contributed by atoms with Gasteiger partial charge >= 0.3 is 0 Å². The van der Waals surface area contributed by atoms with Crippen LogP contribution < -0.4 is 11.1 Å². The summed E-state index contributed by atoms with van der Waals surface area (Å²) in [5, 5.41) is 4.78. The Morgan fingerprint density at radius 1 is 1.24 bits per heavy atom. The van der Waals surface area contributed by atoms with Gasteiger partial charge in [-0.05, 0) is 18.9 Å². The minimum absolute atomic E-state index is 0.207. The molecule has 2 heterocycles. The Labute approximate surface area is 149 Å². The molecule has 1 saturated carbocycles. The van der Waals surface area contributed by atoms with Gasteiger partial charge in [0.1, 0.15) is 11.2 Å². The second kappa shape index (κ2) is 7.45. The van der Waals surface area contributed by atoms with Gasteiger partial charge in [-0.25, -0.2) is 4.98 Å². The molecule has 1 aliphatic rings. The first-order valence-electron chi connectivity index (χ1n) is 8.07. The summed E-state index contributed by atoms with van der Waals surface area (Å²) in [5.41, 5.74) is 7.66. The van der Waals surface area contributed by atoms with Crippen molar-refractivity contribution in [1.82, 2.24) is 15.3 Å². The fourth-order valence-corrected chi connectivity index (χ4v) is 3.41. The Bertz CT molecular complexity index is 830. The highest BCUT2D eigenvalue weighted by atomic mass is 32.1. The number of pyridine rings is 1. The monoisotopic (exact) mass is 354 g/mol. The third-order valence-electron chi connectivity index (χ3n) is 4.19. The van der Waals surface area contributed by atoms with Crippen molar-refractivity contribution in [3.8, 4) is 11.8 Å². The minimum atomic E-state index is -0.582. The first-order chi connectivity index (χ1) is 12.1. The summed E-state index contributed by atoms with van der Waals surface area (Å²) < 4.78 is 0. The molecular weight excluding hydrogens is 336 g/mol. The molecule has 0 spiro atoms. The van der Waals surface area contributed by atoms with Crippen LogP contribution in [0, 0.1) is 11.8 Å². The maximum atomic E-state index is 12.4. The molecule has 1 aliphatic carbocycles. The summed E-state index contributed by atoms with van der Waals surface area (Å²) in [7, 11) is 0. The van der Waals surface area contributed by atoms with E-state index in [-0.39, 0.29) is 5.91 Å². The Balaban J connectivity index is 1.85. The topological polar surface area (TPSA) is 98.0 Å².